The predicted molar refractivity (Wildman–Crippen MR) is 92.1 cm³/mol. The van der Waals surface area contributed by atoms with Crippen LogP contribution in [0.2, 0.25) is 0 Å². The van der Waals surface area contributed by atoms with Crippen LogP contribution in [0.5, 0.6) is 0 Å². The fraction of sp³-hybridized carbons (Fsp3) is 0.200. The van der Waals surface area contributed by atoms with Gasteiger partial charge in [-0.2, -0.15) is 0 Å². The molecule has 0 saturated heterocycles. The molecule has 24 heavy (non-hydrogen) atoms. The molecule has 9 heteroatoms. The van der Waals surface area contributed by atoms with Crippen LogP contribution in [0.4, 0.5) is 5.69 Å². The molecule has 0 fully saturated rings. The van der Waals surface area contributed by atoms with Crippen LogP contribution in [-0.2, 0) is 14.8 Å². The van der Waals surface area contributed by atoms with E-state index in [-0.39, 0.29) is 27.8 Å². The molecular weight excluding hydrogens is 350 g/mol. The van der Waals surface area contributed by atoms with Gasteiger partial charge in [0.2, 0.25) is 5.91 Å². The first-order valence-electron chi connectivity index (χ1n) is 7.18. The molecule has 1 aromatic carbocycles. The van der Waals surface area contributed by atoms with Crippen LogP contribution in [0, 0.1) is 0 Å². The second-order valence-electron chi connectivity index (χ2n) is 4.84. The van der Waals surface area contributed by atoms with Gasteiger partial charge in [-0.15, -0.1) is 11.3 Å². The Kier molecular flexibility index (Phi) is 5.93. The third kappa shape index (κ3) is 4.56. The zero-order valence-corrected chi connectivity index (χ0v) is 14.5. The summed E-state index contributed by atoms with van der Waals surface area (Å²) in [6, 6.07) is 9.26. The summed E-state index contributed by atoms with van der Waals surface area (Å²) in [5, 5.41) is 1.65. The van der Waals surface area contributed by atoms with Crippen molar-refractivity contribution in [2.75, 3.05) is 4.72 Å². The number of nitrogens with one attached hydrogen (secondary N) is 3. The highest BCUT2D eigenvalue weighted by Crippen LogP contribution is 2.22. The number of para-hydroxylation sites is 1. The van der Waals surface area contributed by atoms with Crippen molar-refractivity contribution in [3.63, 3.8) is 0 Å². The Balaban J connectivity index is 2.15. The molecule has 1 heterocycles. The predicted octanol–water partition coefficient (Wildman–Crippen LogP) is 2.11. The number of carbonyl (C=O) groups excluding carboxylic acids is 2. The van der Waals surface area contributed by atoms with Gasteiger partial charge in [0.1, 0.15) is 4.21 Å². The molecule has 0 bridgehead atoms. The van der Waals surface area contributed by atoms with Gasteiger partial charge in [-0.3, -0.25) is 25.2 Å². The van der Waals surface area contributed by atoms with Crippen molar-refractivity contribution in [1.82, 2.24) is 10.9 Å². The molecule has 128 valence electrons. The normalized spacial score (nSPS) is 10.9. The van der Waals surface area contributed by atoms with Gasteiger partial charge >= 0.3 is 0 Å². The molecule has 0 atom stereocenters. The van der Waals surface area contributed by atoms with Crippen LogP contribution < -0.4 is 15.6 Å². The number of hydrazine groups is 1. The standard InChI is InChI=1S/C15H17N3O4S2/c1-2-6-13(19)16-17-15(20)11-7-3-4-8-12(11)18-24(21,22)14-9-5-10-23-14/h3-5,7-10,18H,2,6H2,1H3,(H,16,19)(H,17,20). The van der Waals surface area contributed by atoms with E-state index >= 15 is 0 Å². The molecule has 3 N–H and O–H groups in total. The van der Waals surface area contributed by atoms with Gasteiger partial charge in [-0.25, -0.2) is 8.42 Å². The van der Waals surface area contributed by atoms with Crippen LogP contribution in [0.25, 0.3) is 0 Å². The maximum atomic E-state index is 12.3. The summed E-state index contributed by atoms with van der Waals surface area (Å²) in [4.78, 5) is 23.6. The number of hydrogen-bond donors (Lipinski definition) is 3. The summed E-state index contributed by atoms with van der Waals surface area (Å²) in [5.41, 5.74) is 4.80. The van der Waals surface area contributed by atoms with Crippen molar-refractivity contribution in [1.29, 1.82) is 0 Å². The number of sulfonamides is 1. The lowest BCUT2D eigenvalue weighted by Crippen LogP contribution is -2.41. The maximum Gasteiger partial charge on any atom is 0.271 e. The topological polar surface area (TPSA) is 104 Å². The number of anilines is 1. The smallest absolute Gasteiger partial charge is 0.271 e. The quantitative estimate of drug-likeness (QED) is 0.680. The average Bonchev–Trinajstić information content (AvgIpc) is 3.08. The Labute approximate surface area is 144 Å². The van der Waals surface area contributed by atoms with E-state index in [4.69, 9.17) is 0 Å². The fourth-order valence-electron chi connectivity index (χ4n) is 1.86. The Morgan fingerprint density at radius 3 is 2.50 bits per heavy atom. The van der Waals surface area contributed by atoms with E-state index in [0.717, 1.165) is 11.3 Å². The van der Waals surface area contributed by atoms with E-state index in [1.165, 1.54) is 18.2 Å². The van der Waals surface area contributed by atoms with Gasteiger partial charge in [0.05, 0.1) is 11.3 Å². The van der Waals surface area contributed by atoms with Gasteiger partial charge in [0.25, 0.3) is 15.9 Å². The minimum Gasteiger partial charge on any atom is -0.278 e. The number of benzene rings is 1. The molecule has 0 aliphatic carbocycles. The number of thiophene rings is 1. The molecule has 7 nitrogen and oxygen atoms in total. The van der Waals surface area contributed by atoms with Crippen molar-refractivity contribution < 1.29 is 18.0 Å². The summed E-state index contributed by atoms with van der Waals surface area (Å²) in [5.74, 6) is -0.925. The van der Waals surface area contributed by atoms with Crippen LogP contribution in [0.15, 0.2) is 46.0 Å². The van der Waals surface area contributed by atoms with Crippen molar-refractivity contribution in [2.45, 2.75) is 24.0 Å². The lowest BCUT2D eigenvalue weighted by atomic mass is 10.2. The number of amides is 2. The highest BCUT2D eigenvalue weighted by Gasteiger charge is 2.19. The van der Waals surface area contributed by atoms with Crippen LogP contribution in [0.3, 0.4) is 0 Å². The van der Waals surface area contributed by atoms with E-state index in [2.05, 4.69) is 15.6 Å². The largest absolute Gasteiger partial charge is 0.278 e. The second-order valence-corrected chi connectivity index (χ2v) is 7.69. The summed E-state index contributed by atoms with van der Waals surface area (Å²) < 4.78 is 27.1. The Bertz CT molecular complexity index is 817. The van der Waals surface area contributed by atoms with E-state index in [0.29, 0.717) is 6.42 Å². The molecule has 0 saturated carbocycles. The van der Waals surface area contributed by atoms with Crippen molar-refractivity contribution in [2.24, 2.45) is 0 Å². The number of rotatable bonds is 6. The fourth-order valence-corrected chi connectivity index (χ4v) is 3.94. The zero-order valence-electron chi connectivity index (χ0n) is 12.9. The van der Waals surface area contributed by atoms with Crippen molar-refractivity contribution in [3.8, 4) is 0 Å². The summed E-state index contributed by atoms with van der Waals surface area (Å²) in [6.45, 7) is 1.84. The van der Waals surface area contributed by atoms with Gasteiger partial charge in [-0.05, 0) is 30.0 Å². The molecule has 1 aromatic heterocycles. The summed E-state index contributed by atoms with van der Waals surface area (Å²) in [7, 11) is -3.76. The minimum absolute atomic E-state index is 0.106. The summed E-state index contributed by atoms with van der Waals surface area (Å²) in [6.07, 6.45) is 0.936. The lowest BCUT2D eigenvalue weighted by Gasteiger charge is -2.12. The molecule has 0 radical (unpaired) electrons. The Hall–Kier alpha value is -2.39. The molecule has 2 amide bonds. The number of hydrogen-bond acceptors (Lipinski definition) is 5. The first-order valence-corrected chi connectivity index (χ1v) is 9.55. The van der Waals surface area contributed by atoms with Gasteiger partial charge in [0, 0.05) is 6.42 Å². The van der Waals surface area contributed by atoms with Gasteiger partial charge in [0.15, 0.2) is 0 Å². The second kappa shape index (κ2) is 7.93. The van der Waals surface area contributed by atoms with E-state index in [1.54, 1.807) is 23.6 Å². The monoisotopic (exact) mass is 367 g/mol. The molecular formula is C15H17N3O4S2. The average molecular weight is 367 g/mol. The Morgan fingerprint density at radius 1 is 1.08 bits per heavy atom. The van der Waals surface area contributed by atoms with Crippen molar-refractivity contribution in [3.05, 3.63) is 47.3 Å². The molecule has 0 unspecified atom stereocenters. The van der Waals surface area contributed by atoms with Crippen LogP contribution in [-0.4, -0.2) is 20.2 Å². The molecule has 0 spiro atoms. The third-order valence-electron chi connectivity index (χ3n) is 2.97. The zero-order chi connectivity index (χ0) is 17.6. The van der Waals surface area contributed by atoms with Gasteiger partial charge in [-0.1, -0.05) is 25.1 Å². The van der Waals surface area contributed by atoms with Crippen LogP contribution in [0.1, 0.15) is 30.1 Å². The first-order chi connectivity index (χ1) is 11.4. The van der Waals surface area contributed by atoms with Crippen LogP contribution >= 0.6 is 11.3 Å². The first kappa shape index (κ1) is 18.0. The van der Waals surface area contributed by atoms with E-state index in [1.807, 2.05) is 6.92 Å². The molecule has 2 aromatic rings. The van der Waals surface area contributed by atoms with Crippen molar-refractivity contribution >= 4 is 38.9 Å². The van der Waals surface area contributed by atoms with E-state index in [9.17, 15) is 18.0 Å². The lowest BCUT2D eigenvalue weighted by molar-refractivity contribution is -0.121. The summed E-state index contributed by atoms with van der Waals surface area (Å²) >= 11 is 1.07. The Morgan fingerprint density at radius 2 is 1.83 bits per heavy atom. The highest BCUT2D eigenvalue weighted by molar-refractivity contribution is 7.94. The van der Waals surface area contributed by atoms with E-state index < -0.39 is 15.9 Å². The molecule has 2 rings (SSSR count). The number of carbonyl (C=O) groups is 2. The molecule has 0 aliphatic heterocycles. The molecule has 0 aliphatic rings. The SMILES string of the molecule is CCCC(=O)NNC(=O)c1ccccc1NS(=O)(=O)c1cccs1. The van der Waals surface area contributed by atoms with Gasteiger partial charge < -0.3 is 0 Å². The maximum absolute atomic E-state index is 12.3. The highest BCUT2D eigenvalue weighted by atomic mass is 32.2. The minimum atomic E-state index is -3.76. The third-order valence-corrected chi connectivity index (χ3v) is 5.73.